The van der Waals surface area contributed by atoms with Crippen LogP contribution >= 0.6 is 11.6 Å². The lowest BCUT2D eigenvalue weighted by Gasteiger charge is -2.02. The first-order valence-electron chi connectivity index (χ1n) is 8.09. The van der Waals surface area contributed by atoms with Crippen LogP contribution in [0.4, 0.5) is 0 Å². The van der Waals surface area contributed by atoms with E-state index in [0.29, 0.717) is 22.0 Å². The van der Waals surface area contributed by atoms with Gasteiger partial charge < -0.3 is 0 Å². The van der Waals surface area contributed by atoms with Crippen LogP contribution in [0, 0.1) is 0 Å². The molecular formula is C18H22ClNO2. The van der Waals surface area contributed by atoms with E-state index in [-0.39, 0.29) is 11.4 Å². The maximum Gasteiger partial charge on any atom is 0.281 e. The molecule has 1 heterocycles. The number of unbranched alkanes of at least 4 members (excludes halogenated alkanes) is 6. The van der Waals surface area contributed by atoms with E-state index in [9.17, 15) is 9.59 Å². The highest BCUT2D eigenvalue weighted by Gasteiger charge is 2.22. The lowest BCUT2D eigenvalue weighted by atomic mass is 10.0. The minimum atomic E-state index is -0.426. The van der Waals surface area contributed by atoms with Gasteiger partial charge in [-0.25, -0.2) is 4.99 Å². The van der Waals surface area contributed by atoms with E-state index in [0.717, 1.165) is 19.3 Å². The Labute approximate surface area is 136 Å². The van der Waals surface area contributed by atoms with Gasteiger partial charge in [0, 0.05) is 16.7 Å². The predicted octanol–water partition coefficient (Wildman–Crippen LogP) is 3.36. The first-order chi connectivity index (χ1) is 10.6. The molecule has 0 saturated heterocycles. The molecule has 1 amide bonds. The van der Waals surface area contributed by atoms with Crippen molar-refractivity contribution in [3.8, 4) is 0 Å². The van der Waals surface area contributed by atoms with Gasteiger partial charge in [0.1, 0.15) is 0 Å². The molecule has 1 aromatic carbocycles. The van der Waals surface area contributed by atoms with Gasteiger partial charge in [-0.1, -0.05) is 63.1 Å². The Morgan fingerprint density at radius 1 is 1.09 bits per heavy atom. The van der Waals surface area contributed by atoms with Crippen LogP contribution < -0.4 is 10.6 Å². The Morgan fingerprint density at radius 2 is 1.77 bits per heavy atom. The Bertz CT molecular complexity index is 679. The molecule has 0 N–H and O–H groups in total. The zero-order chi connectivity index (χ0) is 15.9. The Morgan fingerprint density at radius 3 is 2.50 bits per heavy atom. The van der Waals surface area contributed by atoms with E-state index in [1.54, 1.807) is 18.2 Å². The third-order valence-electron chi connectivity index (χ3n) is 3.95. The van der Waals surface area contributed by atoms with Gasteiger partial charge in [0.05, 0.1) is 10.9 Å². The van der Waals surface area contributed by atoms with Crippen molar-refractivity contribution in [2.75, 3.05) is 0 Å². The highest BCUT2D eigenvalue weighted by molar-refractivity contribution is 6.41. The van der Waals surface area contributed by atoms with Crippen molar-refractivity contribution in [1.29, 1.82) is 0 Å². The molecule has 0 saturated carbocycles. The maximum absolute atomic E-state index is 12.3. The zero-order valence-corrected chi connectivity index (χ0v) is 13.8. The number of carbonyl (C=O) groups is 2. The minimum Gasteiger partial charge on any atom is -0.294 e. The maximum atomic E-state index is 12.3. The normalized spacial score (nSPS) is 13.2. The summed E-state index contributed by atoms with van der Waals surface area (Å²) in [6.45, 7) is 2.20. The molecule has 1 aliphatic heterocycles. The number of hydrogen-bond donors (Lipinski definition) is 0. The second-order valence-corrected chi connectivity index (χ2v) is 6.18. The number of Topliss-reactive ketones (excluding diaryl/α,β-unsaturated/α-hetero) is 1. The molecule has 0 unspecified atom stereocenters. The molecule has 0 fully saturated rings. The van der Waals surface area contributed by atoms with E-state index in [1.807, 2.05) is 0 Å². The predicted molar refractivity (Wildman–Crippen MR) is 88.3 cm³/mol. The molecule has 1 aliphatic rings. The number of halogens is 1. The van der Waals surface area contributed by atoms with E-state index in [4.69, 9.17) is 11.6 Å². The minimum absolute atomic E-state index is 0.0941. The smallest absolute Gasteiger partial charge is 0.281 e. The van der Waals surface area contributed by atoms with Crippen molar-refractivity contribution >= 4 is 28.9 Å². The van der Waals surface area contributed by atoms with Crippen LogP contribution in [-0.4, -0.2) is 11.7 Å². The number of nitrogens with zero attached hydrogens (tertiary/aromatic N) is 1. The first kappa shape index (κ1) is 16.9. The van der Waals surface area contributed by atoms with Crippen molar-refractivity contribution in [3.63, 3.8) is 0 Å². The second-order valence-electron chi connectivity index (χ2n) is 5.75. The van der Waals surface area contributed by atoms with Gasteiger partial charge in [0.25, 0.3) is 5.91 Å². The molecule has 4 heteroatoms. The number of fused-ring (bicyclic) bond motifs is 1. The van der Waals surface area contributed by atoms with E-state index in [2.05, 4.69) is 11.9 Å². The van der Waals surface area contributed by atoms with Crippen molar-refractivity contribution in [1.82, 2.24) is 0 Å². The van der Waals surface area contributed by atoms with Crippen molar-refractivity contribution in [2.45, 2.75) is 58.3 Å². The average Bonchev–Trinajstić information content (AvgIpc) is 2.81. The quantitative estimate of drug-likeness (QED) is 0.655. The molecule has 3 nitrogen and oxygen atoms in total. The van der Waals surface area contributed by atoms with Gasteiger partial charge >= 0.3 is 0 Å². The summed E-state index contributed by atoms with van der Waals surface area (Å²) >= 11 is 5.89. The van der Waals surface area contributed by atoms with Crippen molar-refractivity contribution in [2.24, 2.45) is 4.99 Å². The van der Waals surface area contributed by atoms with Gasteiger partial charge in [-0.05, 0) is 18.6 Å². The molecule has 0 radical (unpaired) electrons. The summed E-state index contributed by atoms with van der Waals surface area (Å²) in [7, 11) is 0. The molecular weight excluding hydrogens is 298 g/mol. The number of benzene rings is 1. The summed E-state index contributed by atoms with van der Waals surface area (Å²) in [6, 6.07) is 5.03. The van der Waals surface area contributed by atoms with E-state index >= 15 is 0 Å². The average molecular weight is 320 g/mol. The fraction of sp³-hybridized carbons (Fsp3) is 0.500. The van der Waals surface area contributed by atoms with Crippen LogP contribution in [0.5, 0.6) is 0 Å². The summed E-state index contributed by atoms with van der Waals surface area (Å²) in [5.41, 5.74) is 0.234. The van der Waals surface area contributed by atoms with Crippen molar-refractivity contribution in [3.05, 3.63) is 33.8 Å². The topological polar surface area (TPSA) is 46.5 Å². The lowest BCUT2D eigenvalue weighted by molar-refractivity contribution is -0.117. The largest absolute Gasteiger partial charge is 0.294 e. The molecule has 0 aliphatic carbocycles. The Kier molecular flexibility index (Phi) is 6.32. The third kappa shape index (κ3) is 4.26. The van der Waals surface area contributed by atoms with Crippen LogP contribution in [0.15, 0.2) is 23.2 Å². The Balaban J connectivity index is 1.90. The SMILES string of the molecule is CCCCCCCCCC(=O)C1=c2ccc(Cl)cc2=NC1=O. The molecule has 0 atom stereocenters. The zero-order valence-electron chi connectivity index (χ0n) is 13.0. The lowest BCUT2D eigenvalue weighted by Crippen LogP contribution is -2.25. The van der Waals surface area contributed by atoms with Crippen molar-refractivity contribution < 1.29 is 9.59 Å². The van der Waals surface area contributed by atoms with Gasteiger partial charge in [0.2, 0.25) is 0 Å². The summed E-state index contributed by atoms with van der Waals surface area (Å²) in [4.78, 5) is 28.1. The molecule has 2 rings (SSSR count). The van der Waals surface area contributed by atoms with E-state index in [1.165, 1.54) is 25.7 Å². The van der Waals surface area contributed by atoms with Gasteiger partial charge in [-0.2, -0.15) is 0 Å². The monoisotopic (exact) mass is 319 g/mol. The molecule has 118 valence electrons. The number of carbonyl (C=O) groups excluding carboxylic acids is 2. The third-order valence-corrected chi connectivity index (χ3v) is 4.19. The number of amides is 1. The second kappa shape index (κ2) is 8.23. The van der Waals surface area contributed by atoms with Gasteiger partial charge in [-0.15, -0.1) is 0 Å². The molecule has 22 heavy (non-hydrogen) atoms. The highest BCUT2D eigenvalue weighted by atomic mass is 35.5. The van der Waals surface area contributed by atoms with Crippen LogP contribution in [0.2, 0.25) is 5.02 Å². The van der Waals surface area contributed by atoms with Gasteiger partial charge in [-0.3, -0.25) is 9.59 Å². The molecule has 0 spiro atoms. The van der Waals surface area contributed by atoms with Crippen LogP contribution in [0.1, 0.15) is 58.3 Å². The summed E-state index contributed by atoms with van der Waals surface area (Å²) in [5.74, 6) is -0.520. The molecule has 0 aromatic heterocycles. The van der Waals surface area contributed by atoms with Crippen LogP contribution in [-0.2, 0) is 9.59 Å². The Hall–Kier alpha value is -1.48. The summed E-state index contributed by atoms with van der Waals surface area (Å²) in [6.07, 6.45) is 8.49. The van der Waals surface area contributed by atoms with Gasteiger partial charge in [0.15, 0.2) is 5.78 Å². The number of hydrogen-bond acceptors (Lipinski definition) is 2. The molecule has 1 aromatic rings. The standard InChI is InChI=1S/C18H22ClNO2/c1-2-3-4-5-6-7-8-9-16(21)17-14-11-10-13(19)12-15(14)20-18(17)22/h10-12H,2-9H2,1H3. The highest BCUT2D eigenvalue weighted by Crippen LogP contribution is 2.13. The summed E-state index contributed by atoms with van der Waals surface area (Å²) < 4.78 is 0. The summed E-state index contributed by atoms with van der Waals surface area (Å²) in [5, 5.41) is 1.67. The first-order valence-corrected chi connectivity index (χ1v) is 8.47. The number of ketones is 1. The van der Waals surface area contributed by atoms with E-state index < -0.39 is 5.91 Å². The number of rotatable bonds is 9. The molecule has 0 bridgehead atoms. The fourth-order valence-corrected chi connectivity index (χ4v) is 2.89. The van der Waals surface area contributed by atoms with Crippen LogP contribution in [0.25, 0.3) is 5.57 Å². The fourth-order valence-electron chi connectivity index (χ4n) is 2.73. The van der Waals surface area contributed by atoms with Crippen LogP contribution in [0.3, 0.4) is 0 Å².